The second-order valence-electron chi connectivity index (χ2n) is 2.17. The van der Waals surface area contributed by atoms with E-state index in [0.717, 1.165) is 12.1 Å². The van der Waals surface area contributed by atoms with Gasteiger partial charge in [0.25, 0.3) is 0 Å². The molecule has 0 saturated heterocycles. The van der Waals surface area contributed by atoms with Crippen molar-refractivity contribution in [1.29, 1.82) is 0 Å². The lowest BCUT2D eigenvalue weighted by Gasteiger charge is -1.95. The highest BCUT2D eigenvalue weighted by Crippen LogP contribution is 2.07. The molecule has 1 heteroatoms. The van der Waals surface area contributed by atoms with Crippen LogP contribution in [-0.2, 0) is 0 Å². The standard InChI is InChI=1S/C8H11N/c1-7-5-3-2-4-6-8(7)9/h2,4-6H,3,9H2,1H3. The Hall–Kier alpha value is -0.980. The zero-order valence-electron chi connectivity index (χ0n) is 5.59. The van der Waals surface area contributed by atoms with Crippen molar-refractivity contribution in [2.75, 3.05) is 0 Å². The topological polar surface area (TPSA) is 26.0 Å². The molecular formula is C8H11N. The van der Waals surface area contributed by atoms with Crippen LogP contribution in [0, 0.1) is 0 Å². The highest BCUT2D eigenvalue weighted by molar-refractivity contribution is 5.32. The smallest absolute Gasteiger partial charge is 0.0340 e. The van der Waals surface area contributed by atoms with Gasteiger partial charge in [0.05, 0.1) is 0 Å². The molecule has 9 heavy (non-hydrogen) atoms. The van der Waals surface area contributed by atoms with E-state index in [9.17, 15) is 0 Å². The Labute approximate surface area is 55.6 Å². The van der Waals surface area contributed by atoms with E-state index in [4.69, 9.17) is 5.73 Å². The molecule has 0 unspecified atom stereocenters. The number of allylic oxidation sites excluding steroid dienone is 5. The summed E-state index contributed by atoms with van der Waals surface area (Å²) in [5.41, 5.74) is 7.68. The second kappa shape index (κ2) is 2.53. The minimum absolute atomic E-state index is 0.878. The van der Waals surface area contributed by atoms with Crippen LogP contribution in [0.25, 0.3) is 0 Å². The van der Waals surface area contributed by atoms with Gasteiger partial charge < -0.3 is 5.73 Å². The summed E-state index contributed by atoms with van der Waals surface area (Å²) in [6.45, 7) is 2.03. The molecule has 0 amide bonds. The third-order valence-corrected chi connectivity index (χ3v) is 1.43. The fourth-order valence-corrected chi connectivity index (χ4v) is 0.744. The highest BCUT2D eigenvalue weighted by atomic mass is 14.6. The average Bonchev–Trinajstić information content (AvgIpc) is 1.99. The molecular weight excluding hydrogens is 110 g/mol. The lowest BCUT2D eigenvalue weighted by atomic mass is 10.2. The number of hydrogen-bond acceptors (Lipinski definition) is 1. The van der Waals surface area contributed by atoms with Gasteiger partial charge in [-0.1, -0.05) is 18.2 Å². The predicted octanol–water partition coefficient (Wildman–Crippen LogP) is 1.74. The van der Waals surface area contributed by atoms with Crippen LogP contribution in [0.1, 0.15) is 13.3 Å². The molecule has 1 aliphatic carbocycles. The minimum atomic E-state index is 0.878. The molecule has 1 nitrogen and oxygen atoms in total. The van der Waals surface area contributed by atoms with Crippen molar-refractivity contribution >= 4 is 0 Å². The van der Waals surface area contributed by atoms with Gasteiger partial charge in [-0.2, -0.15) is 0 Å². The Balaban J connectivity index is 2.85. The fraction of sp³-hybridized carbons (Fsp3) is 0.250. The number of hydrogen-bond donors (Lipinski definition) is 1. The summed E-state index contributed by atoms with van der Waals surface area (Å²) in [6, 6.07) is 0. The first-order valence-electron chi connectivity index (χ1n) is 3.10. The predicted molar refractivity (Wildman–Crippen MR) is 39.8 cm³/mol. The van der Waals surface area contributed by atoms with Crippen molar-refractivity contribution in [3.63, 3.8) is 0 Å². The molecule has 0 fully saturated rings. The summed E-state index contributed by atoms with van der Waals surface area (Å²) in [5, 5.41) is 0. The first-order chi connectivity index (χ1) is 4.30. The molecule has 1 aliphatic rings. The molecule has 0 spiro atoms. The monoisotopic (exact) mass is 121 g/mol. The summed E-state index contributed by atoms with van der Waals surface area (Å²) in [5.74, 6) is 0. The zero-order chi connectivity index (χ0) is 6.69. The Morgan fingerprint density at radius 2 is 2.33 bits per heavy atom. The summed E-state index contributed by atoms with van der Waals surface area (Å²) in [6.07, 6.45) is 9.13. The Bertz CT molecular complexity index is 185. The van der Waals surface area contributed by atoms with Crippen molar-refractivity contribution in [1.82, 2.24) is 0 Å². The maximum Gasteiger partial charge on any atom is 0.0340 e. The molecule has 0 radical (unpaired) electrons. The number of nitrogens with two attached hydrogens (primary N) is 1. The largest absolute Gasteiger partial charge is 0.399 e. The van der Waals surface area contributed by atoms with Crippen molar-refractivity contribution < 1.29 is 0 Å². The lowest BCUT2D eigenvalue weighted by molar-refractivity contribution is 1.26. The van der Waals surface area contributed by atoms with Crippen LogP contribution in [-0.4, -0.2) is 0 Å². The van der Waals surface area contributed by atoms with E-state index in [0.29, 0.717) is 0 Å². The van der Waals surface area contributed by atoms with Crippen LogP contribution in [0.15, 0.2) is 35.6 Å². The first-order valence-corrected chi connectivity index (χ1v) is 3.10. The van der Waals surface area contributed by atoms with Gasteiger partial charge in [-0.15, -0.1) is 0 Å². The van der Waals surface area contributed by atoms with Gasteiger partial charge in [0.15, 0.2) is 0 Å². The van der Waals surface area contributed by atoms with Gasteiger partial charge in [0, 0.05) is 5.70 Å². The van der Waals surface area contributed by atoms with Gasteiger partial charge in [-0.05, 0) is 25.0 Å². The average molecular weight is 121 g/mol. The highest BCUT2D eigenvalue weighted by Gasteiger charge is 1.92. The van der Waals surface area contributed by atoms with Gasteiger partial charge in [0.2, 0.25) is 0 Å². The van der Waals surface area contributed by atoms with Gasteiger partial charge in [0.1, 0.15) is 0 Å². The molecule has 0 aliphatic heterocycles. The van der Waals surface area contributed by atoms with Crippen molar-refractivity contribution in [3.8, 4) is 0 Å². The zero-order valence-corrected chi connectivity index (χ0v) is 5.59. The minimum Gasteiger partial charge on any atom is -0.399 e. The SMILES string of the molecule is CC1=CCC=CC=C1N. The van der Waals surface area contributed by atoms with E-state index >= 15 is 0 Å². The summed E-state index contributed by atoms with van der Waals surface area (Å²) < 4.78 is 0. The van der Waals surface area contributed by atoms with Crippen molar-refractivity contribution in [3.05, 3.63) is 35.6 Å². The molecule has 0 atom stereocenters. The third-order valence-electron chi connectivity index (χ3n) is 1.43. The molecule has 0 heterocycles. The van der Waals surface area contributed by atoms with E-state index in [2.05, 4.69) is 12.2 Å². The van der Waals surface area contributed by atoms with E-state index in [1.165, 1.54) is 5.57 Å². The molecule has 0 saturated carbocycles. The van der Waals surface area contributed by atoms with Gasteiger partial charge in [-0.25, -0.2) is 0 Å². The normalized spacial score (nSPS) is 18.3. The molecule has 0 aromatic rings. The maximum atomic E-state index is 5.62. The third kappa shape index (κ3) is 1.46. The Morgan fingerprint density at radius 3 is 3.11 bits per heavy atom. The van der Waals surface area contributed by atoms with E-state index in [-0.39, 0.29) is 0 Å². The summed E-state index contributed by atoms with van der Waals surface area (Å²) in [4.78, 5) is 0. The number of rotatable bonds is 0. The molecule has 0 aromatic heterocycles. The molecule has 0 aromatic carbocycles. The van der Waals surface area contributed by atoms with E-state index in [1.54, 1.807) is 0 Å². The van der Waals surface area contributed by atoms with Crippen LogP contribution < -0.4 is 5.73 Å². The van der Waals surface area contributed by atoms with Crippen LogP contribution >= 0.6 is 0 Å². The van der Waals surface area contributed by atoms with E-state index in [1.807, 2.05) is 19.1 Å². The van der Waals surface area contributed by atoms with E-state index < -0.39 is 0 Å². The van der Waals surface area contributed by atoms with Crippen molar-refractivity contribution in [2.24, 2.45) is 5.73 Å². The second-order valence-corrected chi connectivity index (χ2v) is 2.17. The van der Waals surface area contributed by atoms with Crippen LogP contribution in [0.2, 0.25) is 0 Å². The van der Waals surface area contributed by atoms with Crippen LogP contribution in [0.5, 0.6) is 0 Å². The molecule has 2 N–H and O–H groups in total. The summed E-state index contributed by atoms with van der Waals surface area (Å²) >= 11 is 0. The Morgan fingerprint density at radius 1 is 1.56 bits per heavy atom. The van der Waals surface area contributed by atoms with Gasteiger partial charge in [-0.3, -0.25) is 0 Å². The quantitative estimate of drug-likeness (QED) is 0.519. The summed E-state index contributed by atoms with van der Waals surface area (Å²) in [7, 11) is 0. The maximum absolute atomic E-state index is 5.62. The van der Waals surface area contributed by atoms with Gasteiger partial charge >= 0.3 is 0 Å². The molecule has 1 rings (SSSR count). The molecule has 48 valence electrons. The van der Waals surface area contributed by atoms with Crippen LogP contribution in [0.3, 0.4) is 0 Å². The fourth-order valence-electron chi connectivity index (χ4n) is 0.744. The lowest BCUT2D eigenvalue weighted by Crippen LogP contribution is -1.96. The van der Waals surface area contributed by atoms with Crippen LogP contribution in [0.4, 0.5) is 0 Å². The van der Waals surface area contributed by atoms with Crippen molar-refractivity contribution in [2.45, 2.75) is 13.3 Å². The first kappa shape index (κ1) is 6.14. The Kier molecular flexibility index (Phi) is 1.73. The molecule has 0 bridgehead atoms.